The molecule has 1 aromatic heterocycles. The van der Waals surface area contributed by atoms with Gasteiger partial charge < -0.3 is 10.6 Å². The Morgan fingerprint density at radius 3 is 2.70 bits per heavy atom. The number of anilines is 1. The summed E-state index contributed by atoms with van der Waals surface area (Å²) in [5, 5.41) is 0. The van der Waals surface area contributed by atoms with Gasteiger partial charge in [0, 0.05) is 18.4 Å². The van der Waals surface area contributed by atoms with Crippen LogP contribution in [0.4, 0.5) is 5.69 Å². The number of carbonyl (C=O) groups excluding carboxylic acids is 1. The molecule has 0 aliphatic rings. The first-order valence-corrected chi connectivity index (χ1v) is 6.67. The number of aromatic nitrogens is 1. The molecule has 0 radical (unpaired) electrons. The number of rotatable bonds is 4. The van der Waals surface area contributed by atoms with Crippen molar-refractivity contribution in [1.82, 2.24) is 9.88 Å². The van der Waals surface area contributed by atoms with Gasteiger partial charge in [0.2, 0.25) is 0 Å². The van der Waals surface area contributed by atoms with Crippen LogP contribution in [-0.4, -0.2) is 22.3 Å². The topological polar surface area (TPSA) is 59.2 Å². The van der Waals surface area contributed by atoms with Crippen LogP contribution in [0.15, 0.2) is 42.6 Å². The number of benzene rings is 1. The molecule has 0 aliphatic heterocycles. The van der Waals surface area contributed by atoms with Crippen molar-refractivity contribution in [2.75, 3.05) is 12.3 Å². The van der Waals surface area contributed by atoms with Gasteiger partial charge in [-0.05, 0) is 37.6 Å². The minimum Gasteiger partial charge on any atom is -0.398 e. The van der Waals surface area contributed by atoms with Gasteiger partial charge >= 0.3 is 0 Å². The van der Waals surface area contributed by atoms with E-state index in [0.717, 1.165) is 11.3 Å². The molecular formula is C16H19N3O. The molecule has 0 unspecified atom stereocenters. The van der Waals surface area contributed by atoms with Crippen LogP contribution in [0.1, 0.15) is 28.5 Å². The molecule has 104 valence electrons. The number of nitrogens with zero attached hydrogens (tertiary/aromatic N) is 2. The molecule has 4 heteroatoms. The molecule has 0 atom stereocenters. The van der Waals surface area contributed by atoms with Gasteiger partial charge in [-0.25, -0.2) is 0 Å². The van der Waals surface area contributed by atoms with Crippen LogP contribution in [-0.2, 0) is 6.54 Å². The molecular weight excluding hydrogens is 250 g/mol. The zero-order chi connectivity index (χ0) is 14.5. The first-order chi connectivity index (χ1) is 9.63. The second kappa shape index (κ2) is 6.19. The fraction of sp³-hybridized carbons (Fsp3) is 0.250. The molecule has 2 aromatic rings. The van der Waals surface area contributed by atoms with Crippen molar-refractivity contribution in [3.05, 3.63) is 59.4 Å². The molecule has 2 rings (SSSR count). The lowest BCUT2D eigenvalue weighted by atomic mass is 10.1. The van der Waals surface area contributed by atoms with Crippen molar-refractivity contribution in [2.24, 2.45) is 0 Å². The summed E-state index contributed by atoms with van der Waals surface area (Å²) in [7, 11) is 0. The maximum absolute atomic E-state index is 12.6. The first kappa shape index (κ1) is 14.1. The Morgan fingerprint density at radius 2 is 2.05 bits per heavy atom. The number of hydrogen-bond acceptors (Lipinski definition) is 3. The number of nitrogen functional groups attached to an aromatic ring is 1. The van der Waals surface area contributed by atoms with E-state index in [1.807, 2.05) is 44.2 Å². The van der Waals surface area contributed by atoms with E-state index in [4.69, 9.17) is 5.73 Å². The number of pyridine rings is 1. The lowest BCUT2D eigenvalue weighted by Crippen LogP contribution is -2.31. The van der Waals surface area contributed by atoms with Crippen molar-refractivity contribution in [1.29, 1.82) is 0 Å². The second-order valence-electron chi connectivity index (χ2n) is 4.68. The summed E-state index contributed by atoms with van der Waals surface area (Å²) < 4.78 is 0. The maximum atomic E-state index is 12.6. The van der Waals surface area contributed by atoms with E-state index >= 15 is 0 Å². The summed E-state index contributed by atoms with van der Waals surface area (Å²) in [6, 6.07) is 11.2. The van der Waals surface area contributed by atoms with Crippen LogP contribution in [0, 0.1) is 6.92 Å². The highest BCUT2D eigenvalue weighted by molar-refractivity contribution is 5.99. The molecule has 0 spiro atoms. The summed E-state index contributed by atoms with van der Waals surface area (Å²) >= 11 is 0. The Morgan fingerprint density at radius 1 is 1.25 bits per heavy atom. The number of aryl methyl sites for hydroxylation is 1. The first-order valence-electron chi connectivity index (χ1n) is 6.67. The van der Waals surface area contributed by atoms with Crippen LogP contribution < -0.4 is 5.73 Å². The summed E-state index contributed by atoms with van der Waals surface area (Å²) in [4.78, 5) is 18.6. The van der Waals surface area contributed by atoms with Crippen LogP contribution in [0.25, 0.3) is 0 Å². The highest BCUT2D eigenvalue weighted by atomic mass is 16.2. The zero-order valence-corrected chi connectivity index (χ0v) is 11.8. The summed E-state index contributed by atoms with van der Waals surface area (Å²) in [5.41, 5.74) is 8.91. The second-order valence-corrected chi connectivity index (χ2v) is 4.68. The fourth-order valence-corrected chi connectivity index (χ4v) is 2.05. The van der Waals surface area contributed by atoms with Gasteiger partial charge in [-0.15, -0.1) is 0 Å². The largest absolute Gasteiger partial charge is 0.398 e. The van der Waals surface area contributed by atoms with E-state index in [9.17, 15) is 4.79 Å². The number of nitrogens with two attached hydrogens (primary N) is 1. The predicted octanol–water partition coefficient (Wildman–Crippen LogP) is 2.63. The molecule has 0 aliphatic carbocycles. The van der Waals surface area contributed by atoms with E-state index in [-0.39, 0.29) is 5.91 Å². The van der Waals surface area contributed by atoms with Gasteiger partial charge in [-0.2, -0.15) is 0 Å². The maximum Gasteiger partial charge on any atom is 0.256 e. The van der Waals surface area contributed by atoms with Gasteiger partial charge in [-0.1, -0.05) is 18.2 Å². The third-order valence-electron chi connectivity index (χ3n) is 3.30. The minimum absolute atomic E-state index is 0.0562. The monoisotopic (exact) mass is 269 g/mol. The number of carbonyl (C=O) groups is 1. The third-order valence-corrected chi connectivity index (χ3v) is 3.30. The molecule has 20 heavy (non-hydrogen) atoms. The normalized spacial score (nSPS) is 10.3. The van der Waals surface area contributed by atoms with Gasteiger partial charge in [0.15, 0.2) is 0 Å². The lowest BCUT2D eigenvalue weighted by molar-refractivity contribution is 0.0751. The van der Waals surface area contributed by atoms with Crippen molar-refractivity contribution in [2.45, 2.75) is 20.4 Å². The Bertz CT molecular complexity index is 596. The summed E-state index contributed by atoms with van der Waals surface area (Å²) in [6.07, 6.45) is 1.73. The standard InChI is InChI=1S/C16H19N3O/c1-3-19(11-13-8-4-5-10-18-13)16(20)14-9-6-7-12(2)15(14)17/h4-10H,3,11,17H2,1-2H3. The van der Waals surface area contributed by atoms with Gasteiger partial charge in [0.25, 0.3) is 5.91 Å². The third kappa shape index (κ3) is 2.96. The van der Waals surface area contributed by atoms with Gasteiger partial charge in [0.1, 0.15) is 0 Å². The van der Waals surface area contributed by atoms with Crippen LogP contribution >= 0.6 is 0 Å². The summed E-state index contributed by atoms with van der Waals surface area (Å²) in [5.74, 6) is -0.0562. The Kier molecular flexibility index (Phi) is 4.35. The Labute approximate surface area is 119 Å². The highest BCUT2D eigenvalue weighted by Crippen LogP contribution is 2.19. The molecule has 1 heterocycles. The van der Waals surface area contributed by atoms with E-state index in [1.165, 1.54) is 0 Å². The highest BCUT2D eigenvalue weighted by Gasteiger charge is 2.17. The Hall–Kier alpha value is -2.36. The zero-order valence-electron chi connectivity index (χ0n) is 11.8. The molecule has 0 fully saturated rings. The van der Waals surface area contributed by atoms with E-state index in [2.05, 4.69) is 4.98 Å². The van der Waals surface area contributed by atoms with Gasteiger partial charge in [-0.3, -0.25) is 9.78 Å². The van der Waals surface area contributed by atoms with E-state index in [0.29, 0.717) is 24.3 Å². The molecule has 1 aromatic carbocycles. The smallest absolute Gasteiger partial charge is 0.256 e. The fourth-order valence-electron chi connectivity index (χ4n) is 2.05. The van der Waals surface area contributed by atoms with Crippen molar-refractivity contribution < 1.29 is 4.79 Å². The van der Waals surface area contributed by atoms with Crippen molar-refractivity contribution in [3.63, 3.8) is 0 Å². The van der Waals surface area contributed by atoms with Crippen LogP contribution in [0.3, 0.4) is 0 Å². The molecule has 0 saturated heterocycles. The molecule has 2 N–H and O–H groups in total. The van der Waals surface area contributed by atoms with Crippen molar-refractivity contribution in [3.8, 4) is 0 Å². The van der Waals surface area contributed by atoms with Gasteiger partial charge in [0.05, 0.1) is 17.8 Å². The number of hydrogen-bond donors (Lipinski definition) is 1. The molecule has 1 amide bonds. The van der Waals surface area contributed by atoms with Crippen molar-refractivity contribution >= 4 is 11.6 Å². The molecule has 4 nitrogen and oxygen atoms in total. The number of para-hydroxylation sites is 1. The van der Waals surface area contributed by atoms with Crippen LogP contribution in [0.2, 0.25) is 0 Å². The van der Waals surface area contributed by atoms with Crippen LogP contribution in [0.5, 0.6) is 0 Å². The molecule has 0 bridgehead atoms. The summed E-state index contributed by atoms with van der Waals surface area (Å²) in [6.45, 7) is 4.96. The SMILES string of the molecule is CCN(Cc1ccccn1)C(=O)c1cccc(C)c1N. The van der Waals surface area contributed by atoms with E-state index < -0.39 is 0 Å². The quantitative estimate of drug-likeness (QED) is 0.868. The number of amides is 1. The average molecular weight is 269 g/mol. The molecule has 0 saturated carbocycles. The van der Waals surface area contributed by atoms with E-state index in [1.54, 1.807) is 17.2 Å². The average Bonchev–Trinajstić information content (AvgIpc) is 2.48. The Balaban J connectivity index is 2.23. The lowest BCUT2D eigenvalue weighted by Gasteiger charge is -2.21. The predicted molar refractivity (Wildman–Crippen MR) is 80.2 cm³/mol. The minimum atomic E-state index is -0.0562.